The van der Waals surface area contributed by atoms with Crippen LogP contribution in [0.4, 0.5) is 5.69 Å². The summed E-state index contributed by atoms with van der Waals surface area (Å²) in [6.07, 6.45) is 5.22. The highest BCUT2D eigenvalue weighted by Gasteiger charge is 2.80. The van der Waals surface area contributed by atoms with Crippen LogP contribution in [0.5, 0.6) is 0 Å². The molecule has 8 heteroatoms. The Morgan fingerprint density at radius 2 is 1.95 bits per heavy atom. The van der Waals surface area contributed by atoms with Crippen molar-refractivity contribution in [3.63, 3.8) is 0 Å². The van der Waals surface area contributed by atoms with Crippen LogP contribution in [0.3, 0.4) is 0 Å². The Balaban J connectivity index is 1.82. The highest BCUT2D eigenvalue weighted by Crippen LogP contribution is 2.65. The minimum atomic E-state index is -1.22. The number of para-hydroxylation sites is 1. The van der Waals surface area contributed by atoms with Gasteiger partial charge in [0, 0.05) is 12.2 Å². The molecule has 212 valence electrons. The number of aliphatic hydroxyl groups is 1. The molecule has 3 aliphatic rings. The number of benzene rings is 1. The van der Waals surface area contributed by atoms with Crippen LogP contribution in [0.1, 0.15) is 51.2 Å². The Kier molecular flexibility index (Phi) is 8.11. The number of amides is 2. The number of aryl methyl sites for hydroxylation is 2. The molecular weight excluding hydrogens is 496 g/mol. The number of likely N-dealkylation sites (tertiary alicyclic amines) is 1. The predicted octanol–water partition coefficient (Wildman–Crippen LogP) is 3.72. The van der Waals surface area contributed by atoms with E-state index in [-0.39, 0.29) is 37.5 Å². The second-order valence-corrected chi connectivity index (χ2v) is 11.6. The van der Waals surface area contributed by atoms with Crippen molar-refractivity contribution in [1.29, 1.82) is 0 Å². The lowest BCUT2D eigenvalue weighted by molar-refractivity contribution is -0.162. The van der Waals surface area contributed by atoms with Crippen LogP contribution >= 0.6 is 0 Å². The van der Waals surface area contributed by atoms with Gasteiger partial charge in [-0.05, 0) is 64.0 Å². The number of fused-ring (bicyclic) bond motifs is 1. The SMILES string of the molecule is C=CCCCOC(=O)[C@@H]1[C@H]2C(=O)N([C@H](C)CO)C(C(=O)N(CC=C)c3c(C)cccc3C)C23CC(C)[C@@]1(C)O3. The van der Waals surface area contributed by atoms with E-state index < -0.39 is 41.1 Å². The molecule has 1 N–H and O–H groups in total. The van der Waals surface area contributed by atoms with Gasteiger partial charge in [-0.15, -0.1) is 13.2 Å². The zero-order valence-electron chi connectivity index (χ0n) is 23.8. The van der Waals surface area contributed by atoms with Gasteiger partial charge in [0.05, 0.1) is 30.8 Å². The molecule has 2 bridgehead atoms. The van der Waals surface area contributed by atoms with Gasteiger partial charge >= 0.3 is 5.97 Å². The topological polar surface area (TPSA) is 96.4 Å². The summed E-state index contributed by atoms with van der Waals surface area (Å²) in [5.41, 5.74) is 0.431. The fraction of sp³-hybridized carbons (Fsp3) is 0.581. The average molecular weight is 539 g/mol. The number of hydrogen-bond donors (Lipinski definition) is 1. The lowest BCUT2D eigenvalue weighted by atomic mass is 9.62. The molecule has 8 nitrogen and oxygen atoms in total. The standard InChI is InChI=1S/C31H42N2O6/c1-8-10-11-16-38-29(37)24-23-27(35)33(22(6)18-34)26(31(23)17-21(5)30(24,7)39-31)28(36)32(15-9-2)25-19(3)13-12-14-20(25)4/h8-9,12-14,21-24,26,34H,1-2,10-11,15-18H2,3-7H3/t21?,22-,23+,24+,26?,30-,31?/m1/s1. The van der Waals surface area contributed by atoms with E-state index in [4.69, 9.17) is 9.47 Å². The van der Waals surface area contributed by atoms with E-state index in [0.717, 1.165) is 16.8 Å². The Labute approximate surface area is 231 Å². The highest BCUT2D eigenvalue weighted by molar-refractivity contribution is 6.05. The van der Waals surface area contributed by atoms with Crippen molar-refractivity contribution in [2.24, 2.45) is 17.8 Å². The van der Waals surface area contributed by atoms with E-state index in [2.05, 4.69) is 13.2 Å². The van der Waals surface area contributed by atoms with E-state index in [1.807, 2.05) is 45.9 Å². The number of ether oxygens (including phenoxy) is 2. The van der Waals surface area contributed by atoms with E-state index in [1.54, 1.807) is 24.0 Å². The molecule has 4 rings (SSSR count). The Morgan fingerprint density at radius 3 is 2.54 bits per heavy atom. The predicted molar refractivity (Wildman–Crippen MR) is 149 cm³/mol. The molecule has 0 saturated carbocycles. The van der Waals surface area contributed by atoms with Crippen LogP contribution in [-0.2, 0) is 23.9 Å². The van der Waals surface area contributed by atoms with Crippen molar-refractivity contribution < 1.29 is 29.0 Å². The van der Waals surface area contributed by atoms with Crippen LogP contribution in [-0.4, -0.2) is 70.8 Å². The smallest absolute Gasteiger partial charge is 0.312 e. The van der Waals surface area contributed by atoms with Gasteiger partial charge in [0.25, 0.3) is 5.91 Å². The van der Waals surface area contributed by atoms with E-state index in [0.29, 0.717) is 19.3 Å². The summed E-state index contributed by atoms with van der Waals surface area (Å²) in [7, 11) is 0. The first-order valence-electron chi connectivity index (χ1n) is 13.9. The molecule has 7 atom stereocenters. The molecule has 3 fully saturated rings. The van der Waals surface area contributed by atoms with E-state index in [1.165, 1.54) is 4.90 Å². The first-order valence-corrected chi connectivity index (χ1v) is 13.9. The van der Waals surface area contributed by atoms with Crippen LogP contribution in [0.25, 0.3) is 0 Å². The van der Waals surface area contributed by atoms with Crippen molar-refractivity contribution >= 4 is 23.5 Å². The van der Waals surface area contributed by atoms with Gasteiger partial charge < -0.3 is 24.4 Å². The molecule has 0 aliphatic carbocycles. The zero-order valence-corrected chi connectivity index (χ0v) is 23.8. The van der Waals surface area contributed by atoms with Crippen LogP contribution in [0, 0.1) is 31.6 Å². The average Bonchev–Trinajstić information content (AvgIpc) is 3.41. The summed E-state index contributed by atoms with van der Waals surface area (Å²) < 4.78 is 12.4. The molecule has 1 aromatic rings. The monoisotopic (exact) mass is 538 g/mol. The maximum Gasteiger partial charge on any atom is 0.312 e. The van der Waals surface area contributed by atoms with E-state index in [9.17, 15) is 19.5 Å². The number of aliphatic hydroxyl groups excluding tert-OH is 1. The lowest BCUT2D eigenvalue weighted by Gasteiger charge is -2.39. The number of anilines is 1. The zero-order chi connectivity index (χ0) is 28.7. The second-order valence-electron chi connectivity index (χ2n) is 11.6. The molecule has 0 aromatic heterocycles. The molecule has 3 saturated heterocycles. The van der Waals surface area contributed by atoms with Gasteiger partial charge in [-0.1, -0.05) is 37.3 Å². The van der Waals surface area contributed by atoms with Gasteiger partial charge in [-0.2, -0.15) is 0 Å². The quantitative estimate of drug-likeness (QED) is 0.262. The highest BCUT2D eigenvalue weighted by atomic mass is 16.6. The summed E-state index contributed by atoms with van der Waals surface area (Å²) in [5.74, 6) is -2.96. The van der Waals surface area contributed by atoms with Crippen LogP contribution in [0.2, 0.25) is 0 Å². The van der Waals surface area contributed by atoms with Crippen molar-refractivity contribution in [2.45, 2.75) is 77.2 Å². The summed E-state index contributed by atoms with van der Waals surface area (Å²) in [5, 5.41) is 10.2. The molecule has 3 aliphatic heterocycles. The summed E-state index contributed by atoms with van der Waals surface area (Å²) in [6.45, 7) is 17.2. The number of carbonyl (C=O) groups excluding carboxylic acids is 3. The number of unbranched alkanes of at least 4 members (excludes halogenated alkanes) is 1. The Bertz CT molecular complexity index is 1150. The number of allylic oxidation sites excluding steroid dienone is 1. The third kappa shape index (κ3) is 4.42. The number of hydrogen-bond acceptors (Lipinski definition) is 6. The number of esters is 1. The van der Waals surface area contributed by atoms with Crippen LogP contribution in [0.15, 0.2) is 43.5 Å². The van der Waals surface area contributed by atoms with Gasteiger partial charge in [-0.25, -0.2) is 0 Å². The summed E-state index contributed by atoms with van der Waals surface area (Å²) in [6, 6.07) is 4.16. The van der Waals surface area contributed by atoms with Crippen molar-refractivity contribution in [1.82, 2.24) is 4.90 Å². The van der Waals surface area contributed by atoms with Crippen LogP contribution < -0.4 is 4.90 Å². The van der Waals surface area contributed by atoms with Gasteiger partial charge in [-0.3, -0.25) is 14.4 Å². The minimum Gasteiger partial charge on any atom is -0.465 e. The number of nitrogens with zero attached hydrogens (tertiary/aromatic N) is 2. The third-order valence-electron chi connectivity index (χ3n) is 9.06. The molecule has 1 aromatic carbocycles. The van der Waals surface area contributed by atoms with Gasteiger partial charge in [0.2, 0.25) is 5.91 Å². The largest absolute Gasteiger partial charge is 0.465 e. The lowest BCUT2D eigenvalue weighted by Crippen LogP contribution is -2.59. The van der Waals surface area contributed by atoms with Crippen molar-refractivity contribution in [3.05, 3.63) is 54.6 Å². The molecule has 2 amide bonds. The summed E-state index contributed by atoms with van der Waals surface area (Å²) >= 11 is 0. The van der Waals surface area contributed by atoms with E-state index >= 15 is 0 Å². The third-order valence-corrected chi connectivity index (χ3v) is 9.06. The molecule has 3 unspecified atom stereocenters. The molecule has 3 heterocycles. The van der Waals surface area contributed by atoms with Crippen molar-refractivity contribution in [3.8, 4) is 0 Å². The Hall–Kier alpha value is -2.97. The Morgan fingerprint density at radius 1 is 1.28 bits per heavy atom. The molecule has 39 heavy (non-hydrogen) atoms. The summed E-state index contributed by atoms with van der Waals surface area (Å²) in [4.78, 5) is 45.5. The fourth-order valence-corrected chi connectivity index (χ4v) is 7.17. The maximum atomic E-state index is 14.7. The van der Waals surface area contributed by atoms with Gasteiger partial charge in [0.1, 0.15) is 17.6 Å². The molecular formula is C31H42N2O6. The first kappa shape index (κ1) is 29.0. The minimum absolute atomic E-state index is 0.0972. The number of rotatable bonds is 11. The molecule has 1 spiro atoms. The normalized spacial score (nSPS) is 31.6. The maximum absolute atomic E-state index is 14.7. The molecule has 0 radical (unpaired) electrons. The van der Waals surface area contributed by atoms with Gasteiger partial charge in [0.15, 0.2) is 0 Å². The first-order chi connectivity index (χ1) is 18.5. The van der Waals surface area contributed by atoms with Crippen molar-refractivity contribution in [2.75, 3.05) is 24.7 Å². The second kappa shape index (κ2) is 10.9. The fourth-order valence-electron chi connectivity index (χ4n) is 7.17. The number of carbonyl (C=O) groups is 3.